The average molecular weight is 304 g/mol. The van der Waals surface area contributed by atoms with E-state index < -0.39 is 5.79 Å². The smallest absolute Gasteiger partial charge is 0.172 e. The third-order valence-electron chi connectivity index (χ3n) is 4.80. The number of hydrogen-bond acceptors (Lipinski definition) is 3. The Kier molecular flexibility index (Phi) is 4.43. The highest BCUT2D eigenvalue weighted by Crippen LogP contribution is 2.49. The molecule has 0 aromatic heterocycles. The van der Waals surface area contributed by atoms with E-state index in [2.05, 4.69) is 50.8 Å². The third kappa shape index (κ3) is 3.05. The monoisotopic (exact) mass is 304 g/mol. The van der Waals surface area contributed by atoms with Crippen LogP contribution in [0.3, 0.4) is 0 Å². The Balaban J connectivity index is 1.82. The average Bonchev–Trinajstić information content (AvgIpc) is 2.94. The maximum absolute atomic E-state index is 6.07. The van der Waals surface area contributed by atoms with Gasteiger partial charge in [-0.05, 0) is 31.4 Å². The number of allylic oxidation sites excluding steroid dienone is 1. The number of hydrogen-bond donors (Lipinski definition) is 0. The predicted octanol–water partition coefficient (Wildman–Crippen LogP) is 4.51. The van der Waals surface area contributed by atoms with Crippen LogP contribution >= 0.6 is 11.8 Å². The van der Waals surface area contributed by atoms with Crippen LogP contribution in [0.4, 0.5) is 0 Å². The Morgan fingerprint density at radius 3 is 2.52 bits per heavy atom. The zero-order valence-corrected chi connectivity index (χ0v) is 13.7. The van der Waals surface area contributed by atoms with Crippen molar-refractivity contribution in [3.05, 3.63) is 42.5 Å². The fraction of sp³-hybridized carbons (Fsp3) is 0.556. The zero-order chi connectivity index (χ0) is 14.9. The molecule has 1 aliphatic heterocycles. The van der Waals surface area contributed by atoms with Gasteiger partial charge in [-0.3, -0.25) is 0 Å². The molecule has 0 bridgehead atoms. The van der Waals surface area contributed by atoms with E-state index in [1.807, 2.05) is 11.8 Å². The van der Waals surface area contributed by atoms with Gasteiger partial charge in [0.15, 0.2) is 5.79 Å². The molecular weight excluding hydrogens is 280 g/mol. The minimum Gasteiger partial charge on any atom is -0.347 e. The van der Waals surface area contributed by atoms with Crippen molar-refractivity contribution in [2.24, 2.45) is 11.8 Å². The molecule has 1 aromatic carbocycles. The molecule has 1 spiro atoms. The van der Waals surface area contributed by atoms with Crippen molar-refractivity contribution in [2.75, 3.05) is 13.2 Å². The largest absolute Gasteiger partial charge is 0.347 e. The van der Waals surface area contributed by atoms with Crippen LogP contribution in [0.1, 0.15) is 26.7 Å². The van der Waals surface area contributed by atoms with Crippen molar-refractivity contribution in [3.8, 4) is 0 Å². The van der Waals surface area contributed by atoms with Crippen molar-refractivity contribution in [2.45, 2.75) is 42.6 Å². The van der Waals surface area contributed by atoms with Crippen LogP contribution in [0.25, 0.3) is 0 Å². The molecule has 2 unspecified atom stereocenters. The molecule has 1 heterocycles. The Morgan fingerprint density at radius 1 is 1.24 bits per heavy atom. The van der Waals surface area contributed by atoms with Crippen molar-refractivity contribution >= 4 is 11.8 Å². The minimum absolute atomic E-state index is 0.390. The van der Waals surface area contributed by atoms with Crippen LogP contribution in [0.15, 0.2) is 47.4 Å². The van der Waals surface area contributed by atoms with Gasteiger partial charge in [-0.25, -0.2) is 0 Å². The fourth-order valence-corrected chi connectivity index (χ4v) is 4.83. The highest BCUT2D eigenvalue weighted by molar-refractivity contribution is 8.00. The molecule has 0 N–H and O–H groups in total. The van der Waals surface area contributed by atoms with Crippen LogP contribution in [0.2, 0.25) is 0 Å². The molecule has 1 saturated heterocycles. The number of rotatable bonds is 3. The van der Waals surface area contributed by atoms with Gasteiger partial charge < -0.3 is 9.47 Å². The highest BCUT2D eigenvalue weighted by atomic mass is 32.2. The first kappa shape index (κ1) is 15.1. The summed E-state index contributed by atoms with van der Waals surface area (Å²) in [6, 6.07) is 10.6. The fourth-order valence-electron chi connectivity index (χ4n) is 3.43. The molecule has 1 saturated carbocycles. The topological polar surface area (TPSA) is 18.5 Å². The Morgan fingerprint density at radius 2 is 1.90 bits per heavy atom. The Hall–Kier alpha value is -0.770. The second kappa shape index (κ2) is 6.15. The lowest BCUT2D eigenvalue weighted by Crippen LogP contribution is -2.49. The maximum Gasteiger partial charge on any atom is 0.172 e. The van der Waals surface area contributed by atoms with E-state index in [1.54, 1.807) is 0 Å². The van der Waals surface area contributed by atoms with E-state index in [0.717, 1.165) is 26.1 Å². The first-order valence-corrected chi connectivity index (χ1v) is 8.64. The summed E-state index contributed by atoms with van der Waals surface area (Å²) in [7, 11) is 0. The summed E-state index contributed by atoms with van der Waals surface area (Å²) in [5, 5.41) is 0.501. The number of ether oxygens (including phenoxy) is 2. The molecule has 21 heavy (non-hydrogen) atoms. The molecule has 3 rings (SSSR count). The van der Waals surface area contributed by atoms with Gasteiger partial charge in [0.25, 0.3) is 0 Å². The van der Waals surface area contributed by atoms with Gasteiger partial charge in [-0.1, -0.05) is 37.3 Å². The van der Waals surface area contributed by atoms with Crippen LogP contribution < -0.4 is 0 Å². The SMILES string of the molecule is C=C(C)[C@@H]1CC(Sc2ccccc2)C(C)C2(C1)OCCO2. The van der Waals surface area contributed by atoms with Gasteiger partial charge >= 0.3 is 0 Å². The molecule has 2 fully saturated rings. The van der Waals surface area contributed by atoms with Gasteiger partial charge in [0, 0.05) is 22.5 Å². The van der Waals surface area contributed by atoms with E-state index >= 15 is 0 Å². The summed E-state index contributed by atoms with van der Waals surface area (Å²) in [6.07, 6.45) is 2.11. The lowest BCUT2D eigenvalue weighted by Gasteiger charge is -2.45. The summed E-state index contributed by atoms with van der Waals surface area (Å²) < 4.78 is 12.1. The van der Waals surface area contributed by atoms with Crippen LogP contribution in [0, 0.1) is 11.8 Å². The molecule has 114 valence electrons. The van der Waals surface area contributed by atoms with Crippen LogP contribution in [0.5, 0.6) is 0 Å². The van der Waals surface area contributed by atoms with Gasteiger partial charge in [-0.15, -0.1) is 11.8 Å². The van der Waals surface area contributed by atoms with Crippen molar-refractivity contribution < 1.29 is 9.47 Å². The van der Waals surface area contributed by atoms with E-state index in [1.165, 1.54) is 10.5 Å². The van der Waals surface area contributed by atoms with Crippen molar-refractivity contribution in [1.82, 2.24) is 0 Å². The Labute approximate surface area is 131 Å². The molecule has 1 aromatic rings. The highest BCUT2D eigenvalue weighted by Gasteiger charge is 2.51. The van der Waals surface area contributed by atoms with E-state index in [4.69, 9.17) is 9.47 Å². The molecule has 3 atom stereocenters. The Bertz CT molecular complexity index is 493. The molecule has 0 amide bonds. The van der Waals surface area contributed by atoms with Gasteiger partial charge in [0.1, 0.15) is 0 Å². The number of thioether (sulfide) groups is 1. The lowest BCUT2D eigenvalue weighted by molar-refractivity contribution is -0.213. The zero-order valence-electron chi connectivity index (χ0n) is 12.9. The van der Waals surface area contributed by atoms with Crippen molar-refractivity contribution in [1.29, 1.82) is 0 Å². The predicted molar refractivity (Wildman–Crippen MR) is 87.4 cm³/mol. The van der Waals surface area contributed by atoms with E-state index in [-0.39, 0.29) is 0 Å². The molecule has 3 heteroatoms. The molecular formula is C18H24O2S. The van der Waals surface area contributed by atoms with Gasteiger partial charge in [-0.2, -0.15) is 0 Å². The van der Waals surface area contributed by atoms with E-state index in [0.29, 0.717) is 17.1 Å². The second-order valence-corrected chi connectivity index (χ2v) is 7.56. The molecule has 0 radical (unpaired) electrons. The standard InChI is InChI=1S/C18H24O2S/c1-13(2)15-11-17(21-16-7-5-4-6-8-16)14(3)18(12-15)19-9-10-20-18/h4-8,14-15,17H,1,9-12H2,2-3H3/t14?,15-,17?/m1/s1. The first-order chi connectivity index (χ1) is 10.1. The molecule has 2 aliphatic rings. The summed E-state index contributed by atoms with van der Waals surface area (Å²) in [4.78, 5) is 1.32. The summed E-state index contributed by atoms with van der Waals surface area (Å²) in [5.41, 5.74) is 1.25. The normalized spacial score (nSPS) is 31.4. The van der Waals surface area contributed by atoms with E-state index in [9.17, 15) is 0 Å². The quantitative estimate of drug-likeness (QED) is 0.765. The minimum atomic E-state index is -0.395. The third-order valence-corrected chi connectivity index (χ3v) is 6.25. The summed E-state index contributed by atoms with van der Waals surface area (Å²) >= 11 is 1.95. The van der Waals surface area contributed by atoms with Gasteiger partial charge in [0.05, 0.1) is 13.2 Å². The van der Waals surface area contributed by atoms with Crippen LogP contribution in [-0.2, 0) is 9.47 Å². The van der Waals surface area contributed by atoms with Crippen molar-refractivity contribution in [3.63, 3.8) is 0 Å². The lowest BCUT2D eigenvalue weighted by atomic mass is 9.75. The van der Waals surface area contributed by atoms with Gasteiger partial charge in [0.2, 0.25) is 0 Å². The van der Waals surface area contributed by atoms with Crippen LogP contribution in [-0.4, -0.2) is 24.3 Å². The number of benzene rings is 1. The second-order valence-electron chi connectivity index (χ2n) is 6.25. The first-order valence-electron chi connectivity index (χ1n) is 7.76. The summed E-state index contributed by atoms with van der Waals surface area (Å²) in [5.74, 6) is 0.482. The molecule has 2 nitrogen and oxygen atoms in total. The molecule has 1 aliphatic carbocycles. The summed E-state index contributed by atoms with van der Waals surface area (Å²) in [6.45, 7) is 10.0. The maximum atomic E-state index is 6.07.